The highest BCUT2D eigenvalue weighted by Crippen LogP contribution is 2.16. The van der Waals surface area contributed by atoms with Gasteiger partial charge in [-0.1, -0.05) is 0 Å². The smallest absolute Gasteiger partial charge is 0.324 e. The number of nitrogens with one attached hydrogen (secondary N) is 3. The van der Waals surface area contributed by atoms with Crippen LogP contribution in [0, 0.1) is 17.9 Å². The molecule has 1 unspecified atom stereocenters. The summed E-state index contributed by atoms with van der Waals surface area (Å²) in [4.78, 5) is 15.7. The van der Waals surface area contributed by atoms with Crippen molar-refractivity contribution in [3.8, 4) is 0 Å². The maximum absolute atomic E-state index is 13.2. The van der Waals surface area contributed by atoms with E-state index in [1.165, 1.54) is 6.07 Å². The Morgan fingerprint density at radius 3 is 2.76 bits per heavy atom. The minimum absolute atomic E-state index is 0.166. The van der Waals surface area contributed by atoms with Crippen LogP contribution in [0.25, 0.3) is 0 Å². The molecule has 2 aromatic rings. The number of hydrogen-bond acceptors (Lipinski definition) is 4. The fraction of sp³-hybridized carbons (Fsp3) is 0.0769. The lowest BCUT2D eigenvalue weighted by atomic mass is 10.2. The van der Waals surface area contributed by atoms with Crippen LogP contribution in [0.4, 0.5) is 26.4 Å². The van der Waals surface area contributed by atoms with Crippen molar-refractivity contribution in [2.75, 3.05) is 10.6 Å². The van der Waals surface area contributed by atoms with E-state index in [1.54, 1.807) is 18.3 Å². The first-order chi connectivity index (χ1) is 9.95. The van der Waals surface area contributed by atoms with Gasteiger partial charge in [-0.15, -0.1) is 0 Å². The van der Waals surface area contributed by atoms with Crippen LogP contribution in [-0.4, -0.2) is 16.2 Å². The van der Waals surface area contributed by atoms with Crippen LogP contribution >= 0.6 is 0 Å². The molecule has 1 aromatic heterocycles. The normalized spacial score (nSPS) is 11.8. The number of pyridine rings is 1. The lowest BCUT2D eigenvalue weighted by Crippen LogP contribution is -2.99. The second kappa shape index (κ2) is 6.27. The number of amides is 2. The van der Waals surface area contributed by atoms with Gasteiger partial charge in [0, 0.05) is 18.0 Å². The molecule has 0 radical (unpaired) electrons. The van der Waals surface area contributed by atoms with Crippen LogP contribution in [0.5, 0.6) is 0 Å². The van der Waals surface area contributed by atoms with Crippen molar-refractivity contribution in [1.82, 2.24) is 4.98 Å². The molecular formula is C13H13FN4O3. The van der Waals surface area contributed by atoms with Gasteiger partial charge in [-0.05, 0) is 36.8 Å². The predicted octanol–water partition coefficient (Wildman–Crippen LogP) is 1.58. The van der Waals surface area contributed by atoms with E-state index in [0.29, 0.717) is 5.82 Å². The van der Waals surface area contributed by atoms with Crippen LogP contribution in [0.3, 0.4) is 0 Å². The molecule has 0 saturated carbocycles. The van der Waals surface area contributed by atoms with Gasteiger partial charge in [0.2, 0.25) is 5.69 Å². The largest absolute Gasteiger partial charge is 0.595 e. The summed E-state index contributed by atoms with van der Waals surface area (Å²) in [6.07, 6.45) is 1.55. The summed E-state index contributed by atoms with van der Waals surface area (Å²) in [7, 11) is 0. The van der Waals surface area contributed by atoms with Crippen LogP contribution < -0.4 is 15.9 Å². The Morgan fingerprint density at radius 2 is 2.10 bits per heavy atom. The molecule has 0 bridgehead atoms. The van der Waals surface area contributed by atoms with E-state index in [1.807, 2.05) is 6.92 Å². The minimum Gasteiger partial charge on any atom is -0.595 e. The Bertz CT molecular complexity index is 664. The SMILES string of the molecule is Cc1ccnc(NC(=O)Nc2ccc(F)c([NH+]([O-])O)c2)c1. The number of quaternary nitrogens is 1. The first-order valence-electron chi connectivity index (χ1n) is 5.99. The van der Waals surface area contributed by atoms with Gasteiger partial charge < -0.3 is 10.5 Å². The summed E-state index contributed by atoms with van der Waals surface area (Å²) in [5.41, 5.74) is 0.579. The minimum atomic E-state index is -1.41. The average Bonchev–Trinajstić information content (AvgIpc) is 2.40. The highest BCUT2D eigenvalue weighted by molar-refractivity contribution is 5.99. The van der Waals surface area contributed by atoms with Crippen molar-refractivity contribution in [2.24, 2.45) is 0 Å². The fourth-order valence-corrected chi connectivity index (χ4v) is 1.65. The molecule has 1 atom stereocenters. The zero-order valence-corrected chi connectivity index (χ0v) is 11.1. The lowest BCUT2D eigenvalue weighted by Gasteiger charge is -2.14. The number of urea groups is 1. The van der Waals surface area contributed by atoms with E-state index in [4.69, 9.17) is 5.21 Å². The topological polar surface area (TPSA) is 102 Å². The molecule has 21 heavy (non-hydrogen) atoms. The molecule has 4 N–H and O–H groups in total. The van der Waals surface area contributed by atoms with Crippen LogP contribution in [0.2, 0.25) is 0 Å². The lowest BCUT2D eigenvalue weighted by molar-refractivity contribution is -0.992. The summed E-state index contributed by atoms with van der Waals surface area (Å²) >= 11 is 0. The van der Waals surface area contributed by atoms with Crippen molar-refractivity contribution in [1.29, 1.82) is 0 Å². The number of halogens is 1. The summed E-state index contributed by atoms with van der Waals surface area (Å²) < 4.78 is 13.2. The molecule has 0 fully saturated rings. The highest BCUT2D eigenvalue weighted by atomic mass is 19.1. The molecule has 0 saturated heterocycles. The van der Waals surface area contributed by atoms with Gasteiger partial charge in [-0.3, -0.25) is 5.32 Å². The molecule has 0 aliphatic carbocycles. The third-order valence-corrected chi connectivity index (χ3v) is 2.61. The number of aromatic nitrogens is 1. The highest BCUT2D eigenvalue weighted by Gasteiger charge is 2.11. The van der Waals surface area contributed by atoms with Gasteiger partial charge >= 0.3 is 6.03 Å². The van der Waals surface area contributed by atoms with Gasteiger partial charge in [0.05, 0.1) is 0 Å². The number of carbonyl (C=O) groups excluding carboxylic acids is 1. The molecular weight excluding hydrogens is 279 g/mol. The second-order valence-corrected chi connectivity index (χ2v) is 4.30. The molecule has 0 spiro atoms. The van der Waals surface area contributed by atoms with Crippen LogP contribution in [0.15, 0.2) is 36.5 Å². The average molecular weight is 292 g/mol. The first-order valence-corrected chi connectivity index (χ1v) is 5.99. The molecule has 2 amide bonds. The molecule has 2 rings (SSSR count). The van der Waals surface area contributed by atoms with Gasteiger partial charge in [0.25, 0.3) is 0 Å². The number of hydrogen-bond donors (Lipinski definition) is 4. The Hall–Kier alpha value is -2.55. The van der Waals surface area contributed by atoms with Gasteiger partial charge in [-0.2, -0.15) is 5.23 Å². The Labute approximate surface area is 119 Å². The molecule has 110 valence electrons. The summed E-state index contributed by atoms with van der Waals surface area (Å²) in [5, 5.41) is 23.1. The molecule has 1 heterocycles. The van der Waals surface area contributed by atoms with Gasteiger partial charge in [0.15, 0.2) is 5.82 Å². The second-order valence-electron chi connectivity index (χ2n) is 4.30. The van der Waals surface area contributed by atoms with Crippen molar-refractivity contribution in [3.05, 3.63) is 53.1 Å². The maximum Gasteiger partial charge on any atom is 0.324 e. The van der Waals surface area contributed by atoms with E-state index in [0.717, 1.165) is 17.7 Å². The zero-order chi connectivity index (χ0) is 15.4. The Balaban J connectivity index is 2.08. The number of benzene rings is 1. The predicted molar refractivity (Wildman–Crippen MR) is 73.8 cm³/mol. The van der Waals surface area contributed by atoms with Crippen LogP contribution in [0.1, 0.15) is 5.56 Å². The van der Waals surface area contributed by atoms with Crippen molar-refractivity contribution in [3.63, 3.8) is 0 Å². The van der Waals surface area contributed by atoms with Crippen molar-refractivity contribution >= 4 is 23.2 Å². The standard InChI is InChI=1S/C13H13FN4O3/c1-8-4-5-15-12(6-8)17-13(19)16-9-2-3-10(14)11(7-9)18(20)21/h2-7,18,20H,1H3,(H2,15,16,17,19). The quantitative estimate of drug-likeness (QED) is 0.645. The van der Waals surface area contributed by atoms with E-state index < -0.39 is 22.8 Å². The number of rotatable bonds is 3. The van der Waals surface area contributed by atoms with Crippen LogP contribution in [-0.2, 0) is 0 Å². The molecule has 7 nitrogen and oxygen atoms in total. The molecule has 1 aromatic carbocycles. The third-order valence-electron chi connectivity index (χ3n) is 2.61. The first kappa shape index (κ1) is 14.9. The fourth-order valence-electron chi connectivity index (χ4n) is 1.65. The molecule has 0 aliphatic heterocycles. The maximum atomic E-state index is 13.2. The summed E-state index contributed by atoms with van der Waals surface area (Å²) in [6, 6.07) is 6.14. The number of nitrogens with zero attached hydrogens (tertiary/aromatic N) is 1. The van der Waals surface area contributed by atoms with E-state index >= 15 is 0 Å². The number of carbonyl (C=O) groups is 1. The van der Waals surface area contributed by atoms with E-state index in [2.05, 4.69) is 15.6 Å². The zero-order valence-electron chi connectivity index (χ0n) is 11.1. The molecule has 8 heteroatoms. The van der Waals surface area contributed by atoms with Gasteiger partial charge in [0.1, 0.15) is 5.82 Å². The van der Waals surface area contributed by atoms with Crippen molar-refractivity contribution < 1.29 is 19.6 Å². The van der Waals surface area contributed by atoms with E-state index in [9.17, 15) is 14.4 Å². The van der Waals surface area contributed by atoms with E-state index in [-0.39, 0.29) is 5.69 Å². The number of anilines is 2. The summed E-state index contributed by atoms with van der Waals surface area (Å²) in [6.45, 7) is 1.85. The Kier molecular flexibility index (Phi) is 4.43. The van der Waals surface area contributed by atoms with Crippen molar-refractivity contribution in [2.45, 2.75) is 6.92 Å². The van der Waals surface area contributed by atoms with Gasteiger partial charge in [-0.25, -0.2) is 19.4 Å². The Morgan fingerprint density at radius 1 is 1.33 bits per heavy atom. The number of aryl methyl sites for hydroxylation is 1. The molecule has 0 aliphatic rings. The summed E-state index contributed by atoms with van der Waals surface area (Å²) in [5.74, 6) is -0.512. The third kappa shape index (κ3) is 3.96. The monoisotopic (exact) mass is 292 g/mol.